The first-order valence-electron chi connectivity index (χ1n) is 6.92. The minimum Gasteiger partial charge on any atom is -0.370 e. The lowest BCUT2D eigenvalue weighted by atomic mass is 9.84. The summed E-state index contributed by atoms with van der Waals surface area (Å²) in [4.78, 5) is 6.70. The molecule has 19 heavy (non-hydrogen) atoms. The number of rotatable bonds is 3. The zero-order valence-corrected chi connectivity index (χ0v) is 15.1. The van der Waals surface area contributed by atoms with Crippen LogP contribution in [-0.4, -0.2) is 45.7 Å². The first-order chi connectivity index (χ1) is 8.53. The summed E-state index contributed by atoms with van der Waals surface area (Å²) in [5.74, 6) is 1.35. The Morgan fingerprint density at radius 3 is 2.63 bits per heavy atom. The maximum atomic E-state index is 11.8. The van der Waals surface area contributed by atoms with Gasteiger partial charge < -0.3 is 10.6 Å². The Morgan fingerprint density at radius 1 is 1.47 bits per heavy atom. The Balaban J connectivity index is 0.00000180. The van der Waals surface area contributed by atoms with Crippen LogP contribution in [0, 0.1) is 5.92 Å². The summed E-state index contributed by atoms with van der Waals surface area (Å²) in [5, 5.41) is 0. The van der Waals surface area contributed by atoms with E-state index < -0.39 is 10.8 Å². The highest BCUT2D eigenvalue weighted by Gasteiger charge is 2.40. The molecule has 0 spiro atoms. The molecular formula is C13H26IN3OS. The van der Waals surface area contributed by atoms with Gasteiger partial charge in [-0.2, -0.15) is 0 Å². The highest BCUT2D eigenvalue weighted by atomic mass is 127. The summed E-state index contributed by atoms with van der Waals surface area (Å²) in [6.07, 6.45) is 7.52. The van der Waals surface area contributed by atoms with Gasteiger partial charge in [-0.05, 0) is 31.6 Å². The van der Waals surface area contributed by atoms with Gasteiger partial charge in [-0.25, -0.2) is 0 Å². The van der Waals surface area contributed by atoms with Crippen molar-refractivity contribution < 1.29 is 4.21 Å². The van der Waals surface area contributed by atoms with Crippen molar-refractivity contribution in [3.05, 3.63) is 0 Å². The third kappa shape index (κ3) is 4.06. The number of guanidine groups is 1. The third-order valence-corrected chi connectivity index (χ3v) is 6.14. The highest BCUT2D eigenvalue weighted by molar-refractivity contribution is 14.0. The summed E-state index contributed by atoms with van der Waals surface area (Å²) in [6, 6.07) is 0. The fourth-order valence-electron chi connectivity index (χ4n) is 2.83. The molecule has 1 aliphatic carbocycles. The number of aliphatic imine (C=N–C) groups is 1. The van der Waals surface area contributed by atoms with Gasteiger partial charge in [0.15, 0.2) is 5.96 Å². The normalized spacial score (nSPS) is 28.2. The summed E-state index contributed by atoms with van der Waals surface area (Å²) >= 11 is 0. The van der Waals surface area contributed by atoms with E-state index >= 15 is 0 Å². The average molecular weight is 399 g/mol. The zero-order chi connectivity index (χ0) is 13.2. The predicted molar refractivity (Wildman–Crippen MR) is 92.5 cm³/mol. The quantitative estimate of drug-likeness (QED) is 0.449. The average Bonchev–Trinajstić information content (AvgIpc) is 2.26. The minimum absolute atomic E-state index is 0. The molecule has 1 aliphatic heterocycles. The minimum atomic E-state index is -0.792. The molecular weight excluding hydrogens is 373 g/mol. The fourth-order valence-corrected chi connectivity index (χ4v) is 3.94. The first kappa shape index (κ1) is 17.2. The van der Waals surface area contributed by atoms with Crippen LogP contribution in [0.4, 0.5) is 0 Å². The largest absolute Gasteiger partial charge is 0.370 e. The summed E-state index contributed by atoms with van der Waals surface area (Å²) in [7, 11) is -0.792. The van der Waals surface area contributed by atoms with Gasteiger partial charge in [0.2, 0.25) is 0 Å². The van der Waals surface area contributed by atoms with Crippen LogP contribution in [0.15, 0.2) is 4.99 Å². The Bertz CT molecular complexity index is 358. The second-order valence-electron chi connectivity index (χ2n) is 5.86. The maximum Gasteiger partial charge on any atom is 0.191 e. The molecule has 2 atom stereocenters. The van der Waals surface area contributed by atoms with Crippen molar-refractivity contribution in [1.29, 1.82) is 0 Å². The lowest BCUT2D eigenvalue weighted by molar-refractivity contribution is 0.269. The predicted octanol–water partition coefficient (Wildman–Crippen LogP) is 1.95. The van der Waals surface area contributed by atoms with E-state index in [2.05, 4.69) is 16.8 Å². The van der Waals surface area contributed by atoms with E-state index in [1.165, 1.54) is 19.3 Å². The number of nitrogens with two attached hydrogens (primary N) is 1. The molecule has 0 aromatic rings. The Labute approximate surface area is 136 Å². The van der Waals surface area contributed by atoms with Crippen LogP contribution < -0.4 is 5.73 Å². The van der Waals surface area contributed by atoms with Crippen LogP contribution in [-0.2, 0) is 10.8 Å². The molecule has 2 aliphatic rings. The van der Waals surface area contributed by atoms with Gasteiger partial charge in [0, 0.05) is 30.1 Å². The summed E-state index contributed by atoms with van der Waals surface area (Å²) < 4.78 is 11.7. The van der Waals surface area contributed by atoms with Gasteiger partial charge in [-0.1, -0.05) is 13.3 Å². The number of likely N-dealkylation sites (tertiary alicyclic amines) is 1. The monoisotopic (exact) mass is 399 g/mol. The standard InChI is InChI=1S/C13H25N3OS.HI/c1-11-5-3-8-16(9-11)12(14)15-10-13(18(2)17)6-4-7-13;/h11H,3-10H2,1-2H3,(H2,14,15);1H. The number of hydrogen-bond donors (Lipinski definition) is 1. The van der Waals surface area contributed by atoms with Crippen molar-refractivity contribution in [2.75, 3.05) is 25.9 Å². The molecule has 2 unspecified atom stereocenters. The lowest BCUT2D eigenvalue weighted by Gasteiger charge is -2.39. The van der Waals surface area contributed by atoms with E-state index in [9.17, 15) is 4.21 Å². The second-order valence-corrected chi connectivity index (χ2v) is 7.63. The van der Waals surface area contributed by atoms with Gasteiger partial charge in [0.05, 0.1) is 11.3 Å². The van der Waals surface area contributed by atoms with Crippen LogP contribution in [0.3, 0.4) is 0 Å². The molecule has 0 bridgehead atoms. The van der Waals surface area contributed by atoms with Gasteiger partial charge in [-0.3, -0.25) is 9.20 Å². The summed E-state index contributed by atoms with van der Waals surface area (Å²) in [5.41, 5.74) is 6.07. The molecule has 112 valence electrons. The number of halogens is 1. The molecule has 2 rings (SSSR count). The molecule has 0 amide bonds. The SMILES string of the molecule is CC1CCCN(C(N)=NCC2(S(C)=O)CCC2)C1.I. The molecule has 1 saturated carbocycles. The van der Waals surface area contributed by atoms with Gasteiger partial charge in [0.1, 0.15) is 0 Å². The third-order valence-electron chi connectivity index (χ3n) is 4.38. The number of hydrogen-bond acceptors (Lipinski definition) is 2. The van der Waals surface area contributed by atoms with Crippen LogP contribution in [0.1, 0.15) is 39.0 Å². The molecule has 0 aromatic carbocycles. The first-order valence-corrected chi connectivity index (χ1v) is 8.48. The smallest absolute Gasteiger partial charge is 0.191 e. The Hall–Kier alpha value is 0.150. The highest BCUT2D eigenvalue weighted by Crippen LogP contribution is 2.37. The fraction of sp³-hybridized carbons (Fsp3) is 0.923. The van der Waals surface area contributed by atoms with Crippen molar-refractivity contribution in [3.8, 4) is 0 Å². The zero-order valence-electron chi connectivity index (χ0n) is 11.9. The van der Waals surface area contributed by atoms with E-state index in [4.69, 9.17) is 5.73 Å². The molecule has 1 heterocycles. The molecule has 2 fully saturated rings. The van der Waals surface area contributed by atoms with E-state index in [0.717, 1.165) is 25.9 Å². The van der Waals surface area contributed by atoms with Crippen molar-refractivity contribution in [2.45, 2.75) is 43.8 Å². The molecule has 0 radical (unpaired) electrons. The van der Waals surface area contributed by atoms with Crippen molar-refractivity contribution in [1.82, 2.24) is 4.90 Å². The van der Waals surface area contributed by atoms with E-state index in [1.807, 2.05) is 0 Å². The van der Waals surface area contributed by atoms with Crippen molar-refractivity contribution in [2.24, 2.45) is 16.6 Å². The van der Waals surface area contributed by atoms with E-state index in [1.54, 1.807) is 6.26 Å². The van der Waals surface area contributed by atoms with Crippen LogP contribution in [0.25, 0.3) is 0 Å². The van der Waals surface area contributed by atoms with Crippen LogP contribution >= 0.6 is 24.0 Å². The van der Waals surface area contributed by atoms with Crippen LogP contribution in [0.2, 0.25) is 0 Å². The summed E-state index contributed by atoms with van der Waals surface area (Å²) in [6.45, 7) is 4.92. The van der Waals surface area contributed by atoms with E-state index in [-0.39, 0.29) is 28.7 Å². The maximum absolute atomic E-state index is 11.8. The molecule has 6 heteroatoms. The van der Waals surface area contributed by atoms with Gasteiger partial charge >= 0.3 is 0 Å². The molecule has 0 aromatic heterocycles. The molecule has 4 nitrogen and oxygen atoms in total. The Kier molecular flexibility index (Phi) is 6.56. The number of piperidine rings is 1. The molecule has 2 N–H and O–H groups in total. The lowest BCUT2D eigenvalue weighted by Crippen LogP contribution is -2.47. The van der Waals surface area contributed by atoms with Gasteiger partial charge in [0.25, 0.3) is 0 Å². The van der Waals surface area contributed by atoms with Crippen LogP contribution in [0.5, 0.6) is 0 Å². The van der Waals surface area contributed by atoms with Crippen molar-refractivity contribution in [3.63, 3.8) is 0 Å². The second kappa shape index (κ2) is 7.24. The van der Waals surface area contributed by atoms with Crippen molar-refractivity contribution >= 4 is 40.7 Å². The molecule has 1 saturated heterocycles. The Morgan fingerprint density at radius 2 is 2.16 bits per heavy atom. The van der Waals surface area contributed by atoms with Gasteiger partial charge in [-0.15, -0.1) is 24.0 Å². The van der Waals surface area contributed by atoms with E-state index in [0.29, 0.717) is 18.4 Å². The topological polar surface area (TPSA) is 58.7 Å². The number of nitrogens with zero attached hydrogens (tertiary/aromatic N) is 2.